The SMILES string of the molecule is CC(=O)O.COc1ccc(Cl)cc1S(=O)(=O)Oc1cc(C)cc(OCCN2C[N+]2(C)N)c1.N=N. The summed E-state index contributed by atoms with van der Waals surface area (Å²) in [5, 5.41) is 9.69. The lowest BCUT2D eigenvalue weighted by Crippen LogP contribution is -2.35. The van der Waals surface area contributed by atoms with Crippen LogP contribution in [0.25, 0.3) is 0 Å². The van der Waals surface area contributed by atoms with E-state index in [1.807, 2.05) is 19.0 Å². The second-order valence-electron chi connectivity index (χ2n) is 7.27. The number of methoxy groups -OCH3 is 1. The lowest BCUT2D eigenvalue weighted by molar-refractivity contribution is -0.860. The molecular formula is C20H29ClN5O7S+. The van der Waals surface area contributed by atoms with Gasteiger partial charge in [-0.3, -0.25) is 4.79 Å². The molecule has 1 aliphatic rings. The van der Waals surface area contributed by atoms with Gasteiger partial charge in [-0.05, 0) is 42.8 Å². The Balaban J connectivity index is 0.000000872. The molecule has 0 spiro atoms. The fraction of sp³-hybridized carbons (Fsp3) is 0.350. The van der Waals surface area contributed by atoms with E-state index in [9.17, 15) is 8.42 Å². The monoisotopic (exact) mass is 518 g/mol. The Morgan fingerprint density at radius 1 is 1.24 bits per heavy atom. The Kier molecular flexibility index (Phi) is 10.7. The Hall–Kier alpha value is -2.97. The van der Waals surface area contributed by atoms with E-state index in [1.54, 1.807) is 18.2 Å². The van der Waals surface area contributed by atoms with Crippen LogP contribution in [0.2, 0.25) is 5.02 Å². The molecular weight excluding hydrogens is 490 g/mol. The topological polar surface area (TPSA) is 176 Å². The normalized spacial score (nSPS) is 18.4. The highest BCUT2D eigenvalue weighted by Gasteiger charge is 2.46. The number of rotatable bonds is 8. The Morgan fingerprint density at radius 2 is 1.79 bits per heavy atom. The van der Waals surface area contributed by atoms with Crippen molar-refractivity contribution in [3.05, 3.63) is 47.0 Å². The molecule has 0 bridgehead atoms. The second-order valence-corrected chi connectivity index (χ2v) is 9.22. The smallest absolute Gasteiger partial charge is 0.342 e. The van der Waals surface area contributed by atoms with Gasteiger partial charge in [0.05, 0.1) is 13.7 Å². The number of aryl methyl sites for hydroxylation is 1. The van der Waals surface area contributed by atoms with Gasteiger partial charge in [0.2, 0.25) is 6.67 Å². The number of carboxylic acids is 1. The summed E-state index contributed by atoms with van der Waals surface area (Å²) >= 11 is 5.93. The summed E-state index contributed by atoms with van der Waals surface area (Å²) in [6, 6.07) is 9.24. The molecule has 0 radical (unpaired) electrons. The van der Waals surface area contributed by atoms with Gasteiger partial charge in [0.15, 0.2) is 0 Å². The van der Waals surface area contributed by atoms with Gasteiger partial charge in [0.1, 0.15) is 35.8 Å². The summed E-state index contributed by atoms with van der Waals surface area (Å²) in [5.41, 5.74) is 10.8. The Bertz CT molecular complexity index is 1090. The van der Waals surface area contributed by atoms with Crippen molar-refractivity contribution in [3.63, 3.8) is 0 Å². The van der Waals surface area contributed by atoms with Crippen molar-refractivity contribution in [2.75, 3.05) is 34.0 Å². The predicted molar refractivity (Wildman–Crippen MR) is 123 cm³/mol. The van der Waals surface area contributed by atoms with Crippen LogP contribution < -0.4 is 19.5 Å². The summed E-state index contributed by atoms with van der Waals surface area (Å²) in [4.78, 5) is 8.85. The Morgan fingerprint density at radius 3 is 2.32 bits per heavy atom. The van der Waals surface area contributed by atoms with Crippen molar-refractivity contribution < 1.29 is 36.7 Å². The first kappa shape index (κ1) is 29.1. The average Bonchev–Trinajstić information content (AvgIpc) is 3.34. The van der Waals surface area contributed by atoms with E-state index in [0.717, 1.165) is 19.2 Å². The third-order valence-electron chi connectivity index (χ3n) is 4.25. The molecule has 0 aromatic heterocycles. The van der Waals surface area contributed by atoms with Gasteiger partial charge in [0, 0.05) is 18.0 Å². The minimum Gasteiger partial charge on any atom is -0.495 e. The molecule has 5 N–H and O–H groups in total. The number of nitrogens with zero attached hydrogens (tertiary/aromatic N) is 2. The molecule has 0 amide bonds. The molecule has 0 saturated carbocycles. The maximum atomic E-state index is 12.7. The zero-order valence-electron chi connectivity index (χ0n) is 19.2. The average molecular weight is 519 g/mol. The molecule has 12 nitrogen and oxygen atoms in total. The number of nitrogens with two attached hydrogens (primary N) is 1. The van der Waals surface area contributed by atoms with Crippen molar-refractivity contribution in [3.8, 4) is 17.2 Å². The number of carbonyl (C=O) groups is 1. The number of hydrogen-bond donors (Lipinski definition) is 4. The first-order valence-corrected chi connectivity index (χ1v) is 11.5. The molecule has 14 heteroatoms. The zero-order chi connectivity index (χ0) is 26.1. The van der Waals surface area contributed by atoms with E-state index in [-0.39, 0.29) is 21.4 Å². The van der Waals surface area contributed by atoms with E-state index >= 15 is 0 Å². The molecule has 1 heterocycles. The van der Waals surface area contributed by atoms with Crippen LogP contribution in [0.4, 0.5) is 0 Å². The van der Waals surface area contributed by atoms with Crippen molar-refractivity contribution in [2.24, 2.45) is 5.84 Å². The van der Waals surface area contributed by atoms with Crippen molar-refractivity contribution in [1.82, 2.24) is 5.01 Å². The van der Waals surface area contributed by atoms with E-state index in [1.165, 1.54) is 25.3 Å². The van der Waals surface area contributed by atoms with Crippen molar-refractivity contribution in [2.45, 2.75) is 18.7 Å². The summed E-state index contributed by atoms with van der Waals surface area (Å²) in [5.74, 6) is 5.86. The third-order valence-corrected chi connectivity index (χ3v) is 5.76. The molecule has 1 aliphatic heterocycles. The number of carboxylic acid groups (broad SMARTS) is 1. The molecule has 2 aromatic rings. The van der Waals surface area contributed by atoms with Crippen LogP contribution in [-0.2, 0) is 14.9 Å². The lowest BCUT2D eigenvalue weighted by atomic mass is 10.2. The molecule has 34 heavy (non-hydrogen) atoms. The maximum absolute atomic E-state index is 12.7. The fourth-order valence-corrected chi connectivity index (χ4v) is 4.08. The quantitative estimate of drug-likeness (QED) is 0.134. The third kappa shape index (κ3) is 9.11. The van der Waals surface area contributed by atoms with E-state index in [2.05, 4.69) is 0 Å². The predicted octanol–water partition coefficient (Wildman–Crippen LogP) is 3.00. The molecule has 3 rings (SSSR count). The highest BCUT2D eigenvalue weighted by Crippen LogP contribution is 2.31. The van der Waals surface area contributed by atoms with Crippen LogP contribution in [-0.4, -0.2) is 63.2 Å². The molecule has 2 atom stereocenters. The van der Waals surface area contributed by atoms with E-state index < -0.39 is 16.1 Å². The van der Waals surface area contributed by atoms with Crippen LogP contribution >= 0.6 is 11.6 Å². The Labute approximate surface area is 203 Å². The molecule has 1 saturated heterocycles. The van der Waals surface area contributed by atoms with Gasteiger partial charge in [-0.15, -0.1) is 0 Å². The number of benzene rings is 2. The van der Waals surface area contributed by atoms with Gasteiger partial charge in [-0.1, -0.05) is 16.6 Å². The molecule has 2 unspecified atom stereocenters. The summed E-state index contributed by atoms with van der Waals surface area (Å²) in [6.07, 6.45) is 0. The van der Waals surface area contributed by atoms with Crippen molar-refractivity contribution in [1.29, 1.82) is 11.1 Å². The lowest BCUT2D eigenvalue weighted by Gasteiger charge is -2.13. The minimum absolute atomic E-state index is 0.142. The van der Waals surface area contributed by atoms with E-state index in [4.69, 9.17) is 52.1 Å². The van der Waals surface area contributed by atoms with Crippen LogP contribution in [0.15, 0.2) is 41.3 Å². The zero-order valence-corrected chi connectivity index (χ0v) is 20.8. The number of hydrogen-bond acceptors (Lipinski definition) is 10. The highest BCUT2D eigenvalue weighted by molar-refractivity contribution is 7.87. The largest absolute Gasteiger partial charge is 0.495 e. The van der Waals surface area contributed by atoms with Crippen molar-refractivity contribution >= 4 is 27.7 Å². The standard InChI is InChI=1S/C18H23ClN3O5S.C2H4O2.H2N2/c1-13-8-15(26-7-6-21-12-22(21,2)20)11-16(9-13)27-28(23,24)18-10-14(19)4-5-17(18)25-3;1-2(3)4;1-2/h4-5,8-11H,6-7,12,20H2,1-3H3;1H3,(H,3,4);1-2H/q+1;;. The molecule has 0 aliphatic carbocycles. The number of halogens is 1. The molecule has 188 valence electrons. The summed E-state index contributed by atoms with van der Waals surface area (Å²) in [6.45, 7) is 4.76. The van der Waals surface area contributed by atoms with Crippen LogP contribution in [0.3, 0.4) is 0 Å². The summed E-state index contributed by atoms with van der Waals surface area (Å²) < 4.78 is 41.9. The number of nitrogens with one attached hydrogen (secondary N) is 2. The van der Waals surface area contributed by atoms with Gasteiger partial charge in [0.25, 0.3) is 5.97 Å². The number of ether oxygens (including phenoxy) is 2. The first-order chi connectivity index (χ1) is 15.8. The minimum atomic E-state index is -4.14. The van der Waals surface area contributed by atoms with Gasteiger partial charge < -0.3 is 18.8 Å². The second kappa shape index (κ2) is 12.5. The number of aliphatic carboxylic acids is 1. The van der Waals surface area contributed by atoms with E-state index in [0.29, 0.717) is 23.6 Å². The summed E-state index contributed by atoms with van der Waals surface area (Å²) in [7, 11) is -0.871. The van der Waals surface area contributed by atoms with Crippen LogP contribution in [0, 0.1) is 18.0 Å². The highest BCUT2D eigenvalue weighted by atomic mass is 35.5. The first-order valence-electron chi connectivity index (χ1n) is 9.70. The van der Waals surface area contributed by atoms with Crippen LogP contribution in [0.5, 0.6) is 17.2 Å². The molecule has 2 aromatic carbocycles. The maximum Gasteiger partial charge on any atom is 0.342 e. The van der Waals surface area contributed by atoms with Gasteiger partial charge in [-0.2, -0.15) is 19.0 Å². The number of quaternary nitrogens is 1. The van der Waals surface area contributed by atoms with Crippen LogP contribution in [0.1, 0.15) is 12.5 Å². The van der Waals surface area contributed by atoms with Gasteiger partial charge >= 0.3 is 10.1 Å². The van der Waals surface area contributed by atoms with Gasteiger partial charge in [-0.25, -0.2) is 11.1 Å². The fourth-order valence-electron chi connectivity index (χ4n) is 2.73. The molecule has 1 fully saturated rings.